The third-order valence-electron chi connectivity index (χ3n) is 3.25. The van der Waals surface area contributed by atoms with Gasteiger partial charge in [0.2, 0.25) is 4.80 Å². The van der Waals surface area contributed by atoms with Gasteiger partial charge in [-0.1, -0.05) is 34.1 Å². The summed E-state index contributed by atoms with van der Waals surface area (Å²) in [7, 11) is 0. The maximum Gasteiger partial charge on any atom is 0.206 e. The summed E-state index contributed by atoms with van der Waals surface area (Å²) in [6, 6.07) is 9.31. The minimum atomic E-state index is 0.181. The molecule has 0 atom stereocenters. The van der Waals surface area contributed by atoms with Crippen LogP contribution in [0.5, 0.6) is 5.75 Å². The van der Waals surface area contributed by atoms with E-state index < -0.39 is 0 Å². The van der Waals surface area contributed by atoms with Crippen LogP contribution in [0.1, 0.15) is 12.5 Å². The minimum Gasteiger partial charge on any atom is -0.507 e. The molecule has 25 heavy (non-hydrogen) atoms. The molecule has 3 rings (SSSR count). The molecule has 3 aromatic rings. The van der Waals surface area contributed by atoms with Gasteiger partial charge >= 0.3 is 0 Å². The summed E-state index contributed by atoms with van der Waals surface area (Å²) < 4.78 is 2.69. The molecule has 0 unspecified atom stereocenters. The van der Waals surface area contributed by atoms with Crippen LogP contribution in [0, 0.1) is 0 Å². The van der Waals surface area contributed by atoms with E-state index in [4.69, 9.17) is 0 Å². The molecule has 0 radical (unpaired) electrons. The number of benzene rings is 1. The molecule has 0 saturated heterocycles. The highest BCUT2D eigenvalue weighted by Crippen LogP contribution is 2.25. The Balaban J connectivity index is 2.07. The molecular formula is C18H16BrN3OS2. The smallest absolute Gasteiger partial charge is 0.206 e. The molecule has 1 aromatic carbocycles. The molecule has 1 N–H and O–H groups in total. The monoisotopic (exact) mass is 433 g/mol. The summed E-state index contributed by atoms with van der Waals surface area (Å²) in [6.07, 6.45) is 1.64. The van der Waals surface area contributed by atoms with Gasteiger partial charge in [-0.3, -0.25) is 4.99 Å². The van der Waals surface area contributed by atoms with Crippen LogP contribution < -0.4 is 4.80 Å². The van der Waals surface area contributed by atoms with E-state index >= 15 is 0 Å². The van der Waals surface area contributed by atoms with Gasteiger partial charge in [0.1, 0.15) is 5.75 Å². The largest absolute Gasteiger partial charge is 0.507 e. The molecule has 7 heteroatoms. The first-order valence-electron chi connectivity index (χ1n) is 7.47. The molecule has 2 aromatic heterocycles. The molecule has 0 spiro atoms. The maximum absolute atomic E-state index is 10.0. The molecular weight excluding hydrogens is 418 g/mol. The van der Waals surface area contributed by atoms with Crippen LogP contribution in [0.3, 0.4) is 0 Å². The molecule has 2 heterocycles. The fourth-order valence-electron chi connectivity index (χ4n) is 2.07. The number of thiazole rings is 1. The number of aromatic nitrogens is 1. The predicted octanol–water partition coefficient (Wildman–Crippen LogP) is 5.11. The van der Waals surface area contributed by atoms with Crippen molar-refractivity contribution in [3.63, 3.8) is 0 Å². The number of hydrogen-bond acceptors (Lipinski definition) is 5. The second-order valence-electron chi connectivity index (χ2n) is 5.41. The first kappa shape index (κ1) is 17.8. The number of rotatable bonds is 5. The van der Waals surface area contributed by atoms with Gasteiger partial charge in [-0.2, -0.15) is 5.10 Å². The van der Waals surface area contributed by atoms with E-state index in [0.717, 1.165) is 25.4 Å². The molecule has 0 fully saturated rings. The Hall–Kier alpha value is -1.96. The maximum atomic E-state index is 10.0. The summed E-state index contributed by atoms with van der Waals surface area (Å²) in [5.74, 6) is 0.181. The molecule has 0 aliphatic heterocycles. The average Bonchev–Trinajstić information content (AvgIpc) is 3.22. The van der Waals surface area contributed by atoms with Crippen molar-refractivity contribution in [3.8, 4) is 16.3 Å². The fraction of sp³-hybridized carbons (Fsp3) is 0.111. The highest BCUT2D eigenvalue weighted by atomic mass is 79.9. The van der Waals surface area contributed by atoms with Crippen molar-refractivity contribution < 1.29 is 5.11 Å². The van der Waals surface area contributed by atoms with Crippen LogP contribution in [0.4, 0.5) is 0 Å². The zero-order chi connectivity index (χ0) is 17.8. The van der Waals surface area contributed by atoms with E-state index in [1.807, 2.05) is 29.8 Å². The minimum absolute atomic E-state index is 0.181. The van der Waals surface area contributed by atoms with Crippen LogP contribution in [-0.2, 0) is 0 Å². The van der Waals surface area contributed by atoms with Crippen molar-refractivity contribution in [2.45, 2.75) is 6.92 Å². The van der Waals surface area contributed by atoms with Crippen LogP contribution >= 0.6 is 38.6 Å². The van der Waals surface area contributed by atoms with E-state index in [0.29, 0.717) is 12.1 Å². The van der Waals surface area contributed by atoms with E-state index in [2.05, 4.69) is 38.7 Å². The van der Waals surface area contributed by atoms with Crippen molar-refractivity contribution in [1.82, 2.24) is 4.68 Å². The van der Waals surface area contributed by atoms with Crippen LogP contribution in [0.2, 0.25) is 0 Å². The summed E-state index contributed by atoms with van der Waals surface area (Å²) >= 11 is 6.60. The molecule has 4 nitrogen and oxygen atoms in total. The predicted molar refractivity (Wildman–Crippen MR) is 110 cm³/mol. The lowest BCUT2D eigenvalue weighted by atomic mass is 10.2. The lowest BCUT2D eigenvalue weighted by molar-refractivity contribution is 0.474. The fourth-order valence-corrected chi connectivity index (χ4v) is 4.07. The van der Waals surface area contributed by atoms with Crippen LogP contribution in [0.25, 0.3) is 10.6 Å². The topological polar surface area (TPSA) is 49.9 Å². The van der Waals surface area contributed by atoms with Gasteiger partial charge in [0.05, 0.1) is 23.3 Å². The summed E-state index contributed by atoms with van der Waals surface area (Å²) in [6.45, 7) is 6.40. The van der Waals surface area contributed by atoms with Gasteiger partial charge in [0, 0.05) is 15.4 Å². The van der Waals surface area contributed by atoms with Crippen molar-refractivity contribution in [3.05, 3.63) is 68.1 Å². The highest BCUT2D eigenvalue weighted by molar-refractivity contribution is 9.10. The number of phenolic OH excluding ortho intramolecular Hbond substituents is 1. The number of phenols is 1. The van der Waals surface area contributed by atoms with E-state index in [1.54, 1.807) is 34.4 Å². The second kappa shape index (κ2) is 7.95. The quantitative estimate of drug-likeness (QED) is 0.441. The van der Waals surface area contributed by atoms with Gasteiger partial charge in [-0.15, -0.1) is 22.7 Å². The Labute approximate surface area is 162 Å². The Kier molecular flexibility index (Phi) is 5.67. The molecule has 0 aliphatic rings. The van der Waals surface area contributed by atoms with E-state index in [9.17, 15) is 5.11 Å². The van der Waals surface area contributed by atoms with Gasteiger partial charge in [-0.05, 0) is 36.6 Å². The normalized spacial score (nSPS) is 12.2. The number of aromatic hydroxyl groups is 1. The molecule has 0 bridgehead atoms. The highest BCUT2D eigenvalue weighted by Gasteiger charge is 2.08. The van der Waals surface area contributed by atoms with Crippen LogP contribution in [-0.4, -0.2) is 22.5 Å². The SMILES string of the molecule is C=C(C)CN=c1scc(-c2cccs2)n1N=Cc1cc(Br)ccc1O. The van der Waals surface area contributed by atoms with Gasteiger partial charge in [0.25, 0.3) is 0 Å². The first-order valence-corrected chi connectivity index (χ1v) is 10.0. The average molecular weight is 434 g/mol. The second-order valence-corrected chi connectivity index (χ2v) is 8.11. The third kappa shape index (κ3) is 4.36. The molecule has 128 valence electrons. The summed E-state index contributed by atoms with van der Waals surface area (Å²) in [5, 5.41) is 18.7. The third-order valence-corrected chi connectivity index (χ3v) is 5.48. The molecule has 0 aliphatic carbocycles. The van der Waals surface area contributed by atoms with Crippen molar-refractivity contribution in [2.75, 3.05) is 6.54 Å². The lowest BCUT2D eigenvalue weighted by Gasteiger charge is -2.02. The Morgan fingerprint density at radius 3 is 2.92 bits per heavy atom. The Bertz CT molecular complexity index is 984. The zero-order valence-electron chi connectivity index (χ0n) is 13.5. The van der Waals surface area contributed by atoms with Crippen molar-refractivity contribution in [1.29, 1.82) is 0 Å². The van der Waals surface area contributed by atoms with Crippen molar-refractivity contribution in [2.24, 2.45) is 10.1 Å². The number of nitrogens with zero attached hydrogens (tertiary/aromatic N) is 3. The number of thiophene rings is 1. The van der Waals surface area contributed by atoms with E-state index in [-0.39, 0.29) is 5.75 Å². The van der Waals surface area contributed by atoms with Gasteiger partial charge in [-0.25, -0.2) is 4.68 Å². The number of hydrogen-bond donors (Lipinski definition) is 1. The zero-order valence-corrected chi connectivity index (χ0v) is 16.7. The van der Waals surface area contributed by atoms with Gasteiger partial charge in [0.15, 0.2) is 0 Å². The Morgan fingerprint density at radius 1 is 1.36 bits per heavy atom. The Morgan fingerprint density at radius 2 is 2.20 bits per heavy atom. The molecule has 0 amide bonds. The summed E-state index contributed by atoms with van der Waals surface area (Å²) in [5.41, 5.74) is 2.61. The first-order chi connectivity index (χ1) is 12.0. The van der Waals surface area contributed by atoms with Crippen molar-refractivity contribution >= 4 is 44.8 Å². The summed E-state index contributed by atoms with van der Waals surface area (Å²) in [4.78, 5) is 6.49. The van der Waals surface area contributed by atoms with Crippen LogP contribution in [0.15, 0.2) is 67.8 Å². The van der Waals surface area contributed by atoms with E-state index in [1.165, 1.54) is 11.3 Å². The standard InChI is InChI=1S/C18H16BrN3OS2/c1-12(2)9-20-18-22(15(11-25-18)17-4-3-7-24-17)21-10-13-8-14(19)5-6-16(13)23/h3-8,10-11,23H,1,9H2,2H3. The van der Waals surface area contributed by atoms with Gasteiger partial charge < -0.3 is 5.11 Å². The lowest BCUT2D eigenvalue weighted by Crippen LogP contribution is -2.12. The molecule has 0 saturated carbocycles. The number of halogens is 1.